The fourth-order valence-electron chi connectivity index (χ4n) is 9.62. The molecule has 14 heteroatoms. The average Bonchev–Trinajstić information content (AvgIpc) is 3.69. The number of hydrogen-bond acceptors (Lipinski definition) is 13. The number of carbonyl (C=O) groups excluding carboxylic acids is 3. The van der Waals surface area contributed by atoms with Crippen LogP contribution in [-0.4, -0.2) is 93.2 Å². The molecule has 1 aromatic carbocycles. The predicted molar refractivity (Wildman–Crippen MR) is 228 cm³/mol. The van der Waals surface area contributed by atoms with Gasteiger partial charge in [0.25, 0.3) is 0 Å². The number of nitrogens with two attached hydrogens (primary N) is 1. The van der Waals surface area contributed by atoms with Gasteiger partial charge in [-0.3, -0.25) is 9.59 Å². The number of esters is 1. The first-order chi connectivity index (χ1) is 28.3. The van der Waals surface area contributed by atoms with Crippen LogP contribution in [0, 0.1) is 17.8 Å². The zero-order valence-corrected chi connectivity index (χ0v) is 37.1. The van der Waals surface area contributed by atoms with Crippen molar-refractivity contribution in [2.24, 2.45) is 17.8 Å². The number of nitrogen functional groups attached to an aromatic ring is 1. The molecule has 6 rings (SSSR count). The Morgan fingerprint density at radius 3 is 2.38 bits per heavy atom. The highest BCUT2D eigenvalue weighted by Gasteiger charge is 2.81. The summed E-state index contributed by atoms with van der Waals surface area (Å²) in [5.41, 5.74) is 4.99. The average molecular weight is 830 g/mol. The number of aliphatic hydroxyl groups excluding tert-OH is 1. The van der Waals surface area contributed by atoms with Crippen LogP contribution >= 0.6 is 0 Å². The number of ether oxygens (including phenoxy) is 5. The second kappa shape index (κ2) is 16.9. The van der Waals surface area contributed by atoms with Gasteiger partial charge in [0.05, 0.1) is 36.8 Å². The Hall–Kier alpha value is -4.79. The highest BCUT2D eigenvalue weighted by atomic mass is 16.6. The molecule has 4 N–H and O–H groups in total. The number of Topliss-reactive ketones (excluding diaryl/α,β-unsaturated/α-hetero) is 2. The summed E-state index contributed by atoms with van der Waals surface area (Å²) in [5.74, 6) is -2.62. The standard InChI is InChI=1S/C46H63N5O9/c1-26(2)13-12-18-44(10)19-17-32-37(58-44)31(15-14-27(3)4)39-33(38(32)57-24-22-48-21-23-52)36(53)34-35(51-25-49-42(47)50-51)29(6)40(54)45(20-16-28(5)41(55)56-11)46(34,59-39)30(7)43(8,9)60-45/h13-14,16-17,19,25,29-30,34-35,48,52H,12,15,18,20-24H2,1-11H3,(H2,47,50)/b28-16-. The van der Waals surface area contributed by atoms with Crippen molar-refractivity contribution in [2.45, 2.75) is 123 Å². The van der Waals surface area contributed by atoms with Gasteiger partial charge in [0.1, 0.15) is 41.3 Å². The van der Waals surface area contributed by atoms with Crippen molar-refractivity contribution >= 4 is 29.6 Å². The first-order valence-electron chi connectivity index (χ1n) is 21.0. The van der Waals surface area contributed by atoms with Gasteiger partial charge in [-0.15, -0.1) is 5.10 Å². The molecule has 2 fully saturated rings. The van der Waals surface area contributed by atoms with Gasteiger partial charge in [-0.05, 0) is 86.8 Å². The van der Waals surface area contributed by atoms with Crippen LogP contribution in [-0.2, 0) is 25.5 Å². The van der Waals surface area contributed by atoms with Gasteiger partial charge in [0.15, 0.2) is 22.8 Å². The smallest absolute Gasteiger partial charge is 0.333 e. The molecular weight excluding hydrogens is 767 g/mol. The molecule has 60 heavy (non-hydrogen) atoms. The van der Waals surface area contributed by atoms with Crippen molar-refractivity contribution < 1.29 is 43.2 Å². The van der Waals surface area contributed by atoms with E-state index in [4.69, 9.17) is 29.4 Å². The molecule has 2 aromatic rings. The van der Waals surface area contributed by atoms with Crippen molar-refractivity contribution in [1.82, 2.24) is 20.1 Å². The van der Waals surface area contributed by atoms with E-state index in [1.807, 2.05) is 53.7 Å². The van der Waals surface area contributed by atoms with Crippen molar-refractivity contribution in [1.29, 1.82) is 0 Å². The van der Waals surface area contributed by atoms with Crippen LogP contribution in [0.5, 0.6) is 17.2 Å². The SMILES string of the molecule is COC(=O)/C(C)=C\CC12OC(C)(C)C(C)C13Oc1c(CC=C(C)C)c4c(c(OCCNCCO)c1C(=O)C3C(n1cnc(N)n1)C(C)C2=O)C=CC(C)(CCC=C(C)C)O4. The van der Waals surface area contributed by atoms with Gasteiger partial charge in [-0.2, -0.15) is 0 Å². The third kappa shape index (κ3) is 7.59. The minimum Gasteiger partial charge on any atom is -0.491 e. The van der Waals surface area contributed by atoms with Crippen molar-refractivity contribution in [3.8, 4) is 17.2 Å². The summed E-state index contributed by atoms with van der Waals surface area (Å²) in [7, 11) is 1.30. The van der Waals surface area contributed by atoms with Crippen LogP contribution < -0.4 is 25.3 Å². The van der Waals surface area contributed by atoms with E-state index in [1.54, 1.807) is 19.9 Å². The van der Waals surface area contributed by atoms with E-state index in [1.165, 1.54) is 23.7 Å². The normalized spacial score (nSPS) is 28.7. The molecule has 3 aliphatic heterocycles. The summed E-state index contributed by atoms with van der Waals surface area (Å²) < 4.78 is 35.1. The van der Waals surface area contributed by atoms with Crippen LogP contribution in [0.25, 0.3) is 6.08 Å². The molecule has 326 valence electrons. The number of allylic oxidation sites excluding steroid dienone is 4. The number of nitrogens with zero attached hydrogens (tertiary/aromatic N) is 3. The van der Waals surface area contributed by atoms with Crippen molar-refractivity contribution in [3.63, 3.8) is 0 Å². The molecule has 0 bridgehead atoms. The summed E-state index contributed by atoms with van der Waals surface area (Å²) in [6.07, 6.45) is 13.1. The number of aromatic nitrogens is 3. The molecule has 7 unspecified atom stereocenters. The van der Waals surface area contributed by atoms with Gasteiger partial charge in [0.2, 0.25) is 5.95 Å². The molecule has 1 saturated carbocycles. The number of anilines is 1. The zero-order chi connectivity index (χ0) is 43.9. The van der Waals surface area contributed by atoms with Crippen LogP contribution in [0.3, 0.4) is 0 Å². The van der Waals surface area contributed by atoms with Gasteiger partial charge in [-0.1, -0.05) is 43.2 Å². The lowest BCUT2D eigenvalue weighted by molar-refractivity contribution is -0.197. The topological polar surface area (TPSA) is 186 Å². The monoisotopic (exact) mass is 829 g/mol. The summed E-state index contributed by atoms with van der Waals surface area (Å²) in [5, 5.41) is 17.1. The largest absolute Gasteiger partial charge is 0.491 e. The molecule has 7 atom stereocenters. The van der Waals surface area contributed by atoms with Crippen molar-refractivity contribution in [2.75, 3.05) is 39.1 Å². The van der Waals surface area contributed by atoms with E-state index in [0.29, 0.717) is 48.6 Å². The maximum atomic E-state index is 16.2. The fourth-order valence-corrected chi connectivity index (χ4v) is 9.62. The Kier molecular flexibility index (Phi) is 12.6. The summed E-state index contributed by atoms with van der Waals surface area (Å²) in [6, 6.07) is -0.900. The number of ketones is 2. The lowest BCUT2D eigenvalue weighted by Crippen LogP contribution is -2.75. The Morgan fingerprint density at radius 2 is 1.75 bits per heavy atom. The fraction of sp³-hybridized carbons (Fsp3) is 0.587. The summed E-state index contributed by atoms with van der Waals surface area (Å²) in [6.45, 7) is 20.2. The molecule has 14 nitrogen and oxygen atoms in total. The Labute approximate surface area is 353 Å². The number of aliphatic hydroxyl groups is 1. The summed E-state index contributed by atoms with van der Waals surface area (Å²) in [4.78, 5) is 48.7. The van der Waals surface area contributed by atoms with E-state index >= 15 is 9.59 Å². The molecule has 1 aliphatic carbocycles. The predicted octanol–water partition coefficient (Wildman–Crippen LogP) is 6.32. The molecule has 4 heterocycles. The molecule has 1 aromatic heterocycles. The van der Waals surface area contributed by atoms with Gasteiger partial charge >= 0.3 is 5.97 Å². The van der Waals surface area contributed by atoms with Crippen LogP contribution in [0.4, 0.5) is 5.95 Å². The number of fused-ring (bicyclic) bond motifs is 2. The number of nitrogens with one attached hydrogen (secondary N) is 1. The molecule has 4 aliphatic rings. The van der Waals surface area contributed by atoms with Gasteiger partial charge < -0.3 is 39.8 Å². The van der Waals surface area contributed by atoms with Gasteiger partial charge in [-0.25, -0.2) is 14.5 Å². The number of benzene rings is 1. The lowest BCUT2D eigenvalue weighted by Gasteiger charge is -2.58. The van der Waals surface area contributed by atoms with E-state index in [-0.39, 0.29) is 54.0 Å². The zero-order valence-electron chi connectivity index (χ0n) is 37.1. The van der Waals surface area contributed by atoms with E-state index in [2.05, 4.69) is 41.4 Å². The van der Waals surface area contributed by atoms with Crippen LogP contribution in [0.2, 0.25) is 0 Å². The maximum absolute atomic E-state index is 16.2. The highest BCUT2D eigenvalue weighted by molar-refractivity contribution is 6.10. The maximum Gasteiger partial charge on any atom is 0.333 e. The molecule has 0 radical (unpaired) electrons. The Bertz CT molecular complexity index is 2140. The highest BCUT2D eigenvalue weighted by Crippen LogP contribution is 2.67. The summed E-state index contributed by atoms with van der Waals surface area (Å²) >= 11 is 0. The minimum absolute atomic E-state index is 0.00907. The number of carbonyl (C=O) groups is 3. The first-order valence-corrected chi connectivity index (χ1v) is 21.0. The van der Waals surface area contributed by atoms with Crippen molar-refractivity contribution in [3.05, 3.63) is 64.0 Å². The van der Waals surface area contributed by atoms with E-state index in [0.717, 1.165) is 12.0 Å². The quantitative estimate of drug-likeness (QED) is 0.0784. The number of rotatable bonds is 15. The minimum atomic E-state index is -1.76. The van der Waals surface area contributed by atoms with Crippen LogP contribution in [0.15, 0.2) is 47.4 Å². The number of hydrogen-bond donors (Lipinski definition) is 3. The third-order valence-electron chi connectivity index (χ3n) is 12.9. The van der Waals surface area contributed by atoms with Gasteiger partial charge in [0, 0.05) is 42.5 Å². The Balaban J connectivity index is 1.70. The van der Waals surface area contributed by atoms with E-state index < -0.39 is 52.2 Å². The van der Waals surface area contributed by atoms with E-state index in [9.17, 15) is 9.90 Å². The Morgan fingerprint density at radius 1 is 1.03 bits per heavy atom. The molecule has 1 spiro atoms. The molecule has 1 saturated heterocycles. The third-order valence-corrected chi connectivity index (χ3v) is 12.9. The lowest BCUT2D eigenvalue weighted by atomic mass is 9.52. The first kappa shape index (κ1) is 44.8. The molecule has 0 amide bonds. The second-order valence-corrected chi connectivity index (χ2v) is 17.9. The molecular formula is C46H63N5O9. The second-order valence-electron chi connectivity index (χ2n) is 17.9. The van der Waals surface area contributed by atoms with Crippen LogP contribution in [0.1, 0.15) is 116 Å². The number of methoxy groups -OCH3 is 1.